The van der Waals surface area contributed by atoms with Crippen molar-refractivity contribution in [2.45, 2.75) is 18.4 Å². The van der Waals surface area contributed by atoms with Crippen LogP contribution in [0.5, 0.6) is 0 Å². The van der Waals surface area contributed by atoms with E-state index in [-0.39, 0.29) is 11.8 Å². The number of rotatable bonds is 4. The number of nitrogens with two attached hydrogens (primary N) is 2. The molecule has 2 amide bonds. The lowest BCUT2D eigenvalue weighted by atomic mass is 9.99. The van der Waals surface area contributed by atoms with E-state index in [1.54, 1.807) is 40.1 Å². The molecule has 0 spiro atoms. The molecule has 4 rings (SSSR count). The Balaban J connectivity index is 1.39. The normalized spacial score (nSPS) is 17.7. The van der Waals surface area contributed by atoms with Gasteiger partial charge in [0.2, 0.25) is 5.91 Å². The number of carbonyl (C=O) groups is 2. The number of nitrogens with one attached hydrogen (secondary N) is 1. The van der Waals surface area contributed by atoms with Gasteiger partial charge in [-0.1, -0.05) is 30.3 Å². The number of piperazine rings is 1. The lowest BCUT2D eigenvalue weighted by Crippen LogP contribution is -2.55. The van der Waals surface area contributed by atoms with E-state index in [4.69, 9.17) is 16.9 Å². The van der Waals surface area contributed by atoms with Crippen molar-refractivity contribution in [2.24, 2.45) is 5.73 Å². The van der Waals surface area contributed by atoms with Crippen molar-refractivity contribution in [1.82, 2.24) is 9.80 Å². The monoisotopic (exact) mass is 391 g/mol. The summed E-state index contributed by atoms with van der Waals surface area (Å²) in [4.78, 5) is 28.7. The molecule has 29 heavy (non-hydrogen) atoms. The molecule has 2 aromatic rings. The maximum atomic E-state index is 12.8. The van der Waals surface area contributed by atoms with Crippen molar-refractivity contribution in [3.05, 3.63) is 65.2 Å². The second-order valence-electron chi connectivity index (χ2n) is 7.78. The molecule has 1 saturated carbocycles. The number of hydrogen-bond acceptors (Lipinski definition) is 5. The number of para-hydroxylation sites is 1. The molecule has 0 unspecified atom stereocenters. The first kappa shape index (κ1) is 19.1. The van der Waals surface area contributed by atoms with Gasteiger partial charge in [0.1, 0.15) is 0 Å². The minimum Gasteiger partial charge on any atom is -0.398 e. The predicted molar refractivity (Wildman–Crippen MR) is 112 cm³/mol. The Bertz CT molecular complexity index is 957. The van der Waals surface area contributed by atoms with Crippen LogP contribution in [0.3, 0.4) is 0 Å². The Morgan fingerprint density at radius 1 is 0.862 bits per heavy atom. The number of anilines is 1. The summed E-state index contributed by atoms with van der Waals surface area (Å²) in [7, 11) is 0. The van der Waals surface area contributed by atoms with Crippen LogP contribution in [0.15, 0.2) is 48.5 Å². The molecule has 2 aliphatic rings. The molecule has 1 aliphatic heterocycles. The molecule has 2 fully saturated rings. The SMILES string of the molecule is N=C(c1ccc(C(=O)N2CCN(C(=O)C3(N)CC3)CC2)cc1)c1ccccc1N. The molecule has 7 nitrogen and oxygen atoms in total. The molecule has 150 valence electrons. The van der Waals surface area contributed by atoms with Gasteiger partial charge in [-0.2, -0.15) is 0 Å². The van der Waals surface area contributed by atoms with E-state index < -0.39 is 5.54 Å². The van der Waals surface area contributed by atoms with Gasteiger partial charge < -0.3 is 21.3 Å². The zero-order valence-corrected chi connectivity index (χ0v) is 16.2. The summed E-state index contributed by atoms with van der Waals surface area (Å²) in [6, 6.07) is 14.3. The standard InChI is InChI=1S/C22H25N5O2/c23-18-4-2-1-3-17(18)19(24)15-5-7-16(8-6-15)20(28)26-11-13-27(14-12-26)21(29)22(25)9-10-22/h1-8,24H,9-14,23,25H2. The Morgan fingerprint density at radius 3 is 2.00 bits per heavy atom. The van der Waals surface area contributed by atoms with Crippen molar-refractivity contribution in [2.75, 3.05) is 31.9 Å². The highest BCUT2D eigenvalue weighted by atomic mass is 16.2. The third-order valence-corrected chi connectivity index (χ3v) is 5.72. The van der Waals surface area contributed by atoms with Gasteiger partial charge in [0.15, 0.2) is 0 Å². The van der Waals surface area contributed by atoms with Crippen LogP contribution in [0, 0.1) is 5.41 Å². The number of benzene rings is 2. The van der Waals surface area contributed by atoms with E-state index in [2.05, 4.69) is 0 Å². The molecule has 2 aromatic carbocycles. The molecule has 1 saturated heterocycles. The lowest BCUT2D eigenvalue weighted by Gasteiger charge is -2.36. The average molecular weight is 391 g/mol. The summed E-state index contributed by atoms with van der Waals surface area (Å²) in [6.07, 6.45) is 1.50. The molecular weight excluding hydrogens is 366 g/mol. The van der Waals surface area contributed by atoms with E-state index in [1.165, 1.54) is 0 Å². The van der Waals surface area contributed by atoms with Crippen molar-refractivity contribution in [1.29, 1.82) is 5.41 Å². The van der Waals surface area contributed by atoms with Crippen LogP contribution in [0.2, 0.25) is 0 Å². The Morgan fingerprint density at radius 2 is 1.41 bits per heavy atom. The summed E-state index contributed by atoms with van der Waals surface area (Å²) >= 11 is 0. The smallest absolute Gasteiger partial charge is 0.253 e. The summed E-state index contributed by atoms with van der Waals surface area (Å²) in [5.74, 6) is -0.0593. The zero-order valence-electron chi connectivity index (χ0n) is 16.2. The van der Waals surface area contributed by atoms with E-state index in [0.717, 1.165) is 12.8 Å². The predicted octanol–water partition coefficient (Wildman–Crippen LogP) is 1.46. The molecule has 7 heteroatoms. The summed E-state index contributed by atoms with van der Waals surface area (Å²) in [5, 5.41) is 8.38. The van der Waals surface area contributed by atoms with Crippen molar-refractivity contribution in [3.63, 3.8) is 0 Å². The van der Waals surface area contributed by atoms with Gasteiger partial charge in [0, 0.05) is 48.6 Å². The molecule has 1 heterocycles. The van der Waals surface area contributed by atoms with Crippen LogP contribution in [0.4, 0.5) is 5.69 Å². The van der Waals surface area contributed by atoms with Gasteiger partial charge in [0.05, 0.1) is 11.3 Å². The van der Waals surface area contributed by atoms with E-state index >= 15 is 0 Å². The molecule has 0 atom stereocenters. The minimum absolute atomic E-state index is 0.00708. The third kappa shape index (κ3) is 3.73. The second-order valence-corrected chi connectivity index (χ2v) is 7.78. The van der Waals surface area contributed by atoms with Crippen molar-refractivity contribution < 1.29 is 9.59 Å². The minimum atomic E-state index is -0.658. The van der Waals surface area contributed by atoms with Gasteiger partial charge in [0.25, 0.3) is 5.91 Å². The van der Waals surface area contributed by atoms with Crippen LogP contribution in [0.1, 0.15) is 34.3 Å². The second kappa shape index (κ2) is 7.33. The summed E-state index contributed by atoms with van der Waals surface area (Å²) < 4.78 is 0. The molecule has 5 N–H and O–H groups in total. The van der Waals surface area contributed by atoms with Crippen LogP contribution < -0.4 is 11.5 Å². The fraction of sp³-hybridized carbons (Fsp3) is 0.318. The first-order chi connectivity index (χ1) is 13.9. The average Bonchev–Trinajstić information content (AvgIpc) is 3.51. The van der Waals surface area contributed by atoms with Gasteiger partial charge >= 0.3 is 0 Å². The first-order valence-electron chi connectivity index (χ1n) is 9.80. The Hall–Kier alpha value is -3.19. The fourth-order valence-corrected chi connectivity index (χ4v) is 3.62. The molecule has 1 aliphatic carbocycles. The summed E-state index contributed by atoms with van der Waals surface area (Å²) in [6.45, 7) is 2.02. The maximum Gasteiger partial charge on any atom is 0.253 e. The quantitative estimate of drug-likeness (QED) is 0.540. The zero-order chi connectivity index (χ0) is 20.6. The van der Waals surface area contributed by atoms with Gasteiger partial charge in [-0.3, -0.25) is 15.0 Å². The number of hydrogen-bond donors (Lipinski definition) is 3. The topological polar surface area (TPSA) is 117 Å². The fourth-order valence-electron chi connectivity index (χ4n) is 3.62. The Kier molecular flexibility index (Phi) is 4.84. The number of nitrogens with zero attached hydrogens (tertiary/aromatic N) is 2. The number of nitrogen functional groups attached to an aromatic ring is 1. The lowest BCUT2D eigenvalue weighted by molar-refractivity contribution is -0.135. The highest BCUT2D eigenvalue weighted by Crippen LogP contribution is 2.34. The van der Waals surface area contributed by atoms with Crippen LogP contribution in [-0.2, 0) is 4.79 Å². The van der Waals surface area contributed by atoms with E-state index in [1.807, 2.05) is 18.2 Å². The van der Waals surface area contributed by atoms with Crippen LogP contribution in [-0.4, -0.2) is 59.0 Å². The van der Waals surface area contributed by atoms with E-state index in [9.17, 15) is 9.59 Å². The Labute approximate surface area is 169 Å². The third-order valence-electron chi connectivity index (χ3n) is 5.72. The van der Waals surface area contributed by atoms with Crippen LogP contribution >= 0.6 is 0 Å². The number of amides is 2. The summed E-state index contributed by atoms with van der Waals surface area (Å²) in [5.41, 5.74) is 14.1. The van der Waals surface area contributed by atoms with E-state index in [0.29, 0.717) is 54.3 Å². The van der Waals surface area contributed by atoms with Gasteiger partial charge in [-0.15, -0.1) is 0 Å². The molecule has 0 radical (unpaired) electrons. The van der Waals surface area contributed by atoms with Crippen molar-refractivity contribution in [3.8, 4) is 0 Å². The molecular formula is C22H25N5O2. The van der Waals surface area contributed by atoms with Crippen LogP contribution in [0.25, 0.3) is 0 Å². The first-order valence-corrected chi connectivity index (χ1v) is 9.80. The van der Waals surface area contributed by atoms with Gasteiger partial charge in [-0.05, 0) is 31.0 Å². The number of carbonyl (C=O) groups excluding carboxylic acids is 2. The highest BCUT2D eigenvalue weighted by molar-refractivity contribution is 6.14. The largest absolute Gasteiger partial charge is 0.398 e. The van der Waals surface area contributed by atoms with Crippen molar-refractivity contribution >= 4 is 23.2 Å². The molecule has 0 aromatic heterocycles. The molecule has 0 bridgehead atoms. The van der Waals surface area contributed by atoms with Gasteiger partial charge in [-0.25, -0.2) is 0 Å². The maximum absolute atomic E-state index is 12.8. The highest BCUT2D eigenvalue weighted by Gasteiger charge is 2.48.